The van der Waals surface area contributed by atoms with Gasteiger partial charge in [0, 0.05) is 24.8 Å². The highest BCUT2D eigenvalue weighted by atomic mass is 16.6. The lowest BCUT2D eigenvalue weighted by molar-refractivity contribution is -0.119. The number of hydrogen-bond donors (Lipinski definition) is 3. The Morgan fingerprint density at radius 1 is 1.22 bits per heavy atom. The monoisotopic (exact) mass is 323 g/mol. The number of anilines is 1. The molecule has 0 fully saturated rings. The Bertz CT molecular complexity index is 526. The molecule has 0 unspecified atom stereocenters. The van der Waals surface area contributed by atoms with E-state index in [0.717, 1.165) is 12.1 Å². The highest BCUT2D eigenvalue weighted by Gasteiger charge is 2.15. The Labute approximate surface area is 136 Å². The van der Waals surface area contributed by atoms with Crippen molar-refractivity contribution in [3.8, 4) is 5.75 Å². The zero-order valence-electron chi connectivity index (χ0n) is 13.8. The van der Waals surface area contributed by atoms with Crippen molar-refractivity contribution in [3.63, 3.8) is 0 Å². The van der Waals surface area contributed by atoms with E-state index in [4.69, 9.17) is 15.2 Å². The molecule has 7 heteroatoms. The number of carbonyl (C=O) groups excluding carboxylic acids is 2. The molecule has 23 heavy (non-hydrogen) atoms. The molecule has 1 aromatic carbocycles. The van der Waals surface area contributed by atoms with Crippen LogP contribution in [0, 0.1) is 0 Å². The lowest BCUT2D eigenvalue weighted by Crippen LogP contribution is -2.33. The molecule has 0 aliphatic rings. The molecule has 128 valence electrons. The van der Waals surface area contributed by atoms with Crippen LogP contribution in [-0.4, -0.2) is 37.3 Å². The van der Waals surface area contributed by atoms with Crippen LogP contribution >= 0.6 is 0 Å². The van der Waals surface area contributed by atoms with Gasteiger partial charge in [-0.2, -0.15) is 0 Å². The van der Waals surface area contributed by atoms with Gasteiger partial charge in [0.05, 0.1) is 0 Å². The number of hydrogen-bond acceptors (Lipinski definition) is 5. The van der Waals surface area contributed by atoms with Gasteiger partial charge >= 0.3 is 6.09 Å². The van der Waals surface area contributed by atoms with Crippen LogP contribution in [0.2, 0.25) is 0 Å². The molecule has 0 aromatic heterocycles. The van der Waals surface area contributed by atoms with E-state index in [1.165, 1.54) is 0 Å². The molecule has 0 radical (unpaired) electrons. The number of alkyl carbamates (subject to hydrolysis) is 1. The van der Waals surface area contributed by atoms with Gasteiger partial charge in [-0.25, -0.2) is 4.79 Å². The van der Waals surface area contributed by atoms with Gasteiger partial charge in [-0.1, -0.05) is 6.07 Å². The molecule has 0 saturated carbocycles. The maximum Gasteiger partial charge on any atom is 0.407 e. The van der Waals surface area contributed by atoms with E-state index in [0.29, 0.717) is 18.8 Å². The second kappa shape index (κ2) is 8.87. The fourth-order valence-electron chi connectivity index (χ4n) is 1.68. The summed E-state index contributed by atoms with van der Waals surface area (Å²) in [7, 11) is 0. The van der Waals surface area contributed by atoms with Crippen molar-refractivity contribution in [2.45, 2.75) is 32.8 Å². The number of nitrogens with two attached hydrogens (primary N) is 1. The van der Waals surface area contributed by atoms with Crippen molar-refractivity contribution in [1.82, 2.24) is 5.32 Å². The third-order valence-corrected chi connectivity index (χ3v) is 2.57. The van der Waals surface area contributed by atoms with Crippen LogP contribution < -0.4 is 21.1 Å². The Morgan fingerprint density at radius 2 is 1.96 bits per heavy atom. The first kappa shape index (κ1) is 18.6. The van der Waals surface area contributed by atoms with E-state index >= 15 is 0 Å². The zero-order chi connectivity index (χ0) is 17.3. The van der Waals surface area contributed by atoms with Gasteiger partial charge in [0.15, 0.2) is 6.61 Å². The van der Waals surface area contributed by atoms with Gasteiger partial charge < -0.3 is 25.8 Å². The van der Waals surface area contributed by atoms with E-state index in [1.807, 2.05) is 32.9 Å². The van der Waals surface area contributed by atoms with Crippen LogP contribution in [0.3, 0.4) is 0 Å². The second-order valence-electron chi connectivity index (χ2n) is 5.99. The summed E-state index contributed by atoms with van der Waals surface area (Å²) in [5.41, 5.74) is 5.40. The fourth-order valence-corrected chi connectivity index (χ4v) is 1.68. The van der Waals surface area contributed by atoms with E-state index in [2.05, 4.69) is 10.6 Å². The van der Waals surface area contributed by atoms with Gasteiger partial charge in [0.2, 0.25) is 0 Å². The number of carbonyl (C=O) groups is 2. The molecule has 4 N–H and O–H groups in total. The molecule has 0 heterocycles. The lowest BCUT2D eigenvalue weighted by atomic mass is 10.2. The van der Waals surface area contributed by atoms with Gasteiger partial charge in [0.25, 0.3) is 5.91 Å². The van der Waals surface area contributed by atoms with Crippen molar-refractivity contribution in [2.75, 3.05) is 25.0 Å². The maximum atomic E-state index is 11.5. The molecular formula is C16H25N3O4. The second-order valence-corrected chi connectivity index (χ2v) is 5.99. The highest BCUT2D eigenvalue weighted by Crippen LogP contribution is 2.17. The summed E-state index contributed by atoms with van der Waals surface area (Å²) in [6, 6.07) is 7.23. The molecular weight excluding hydrogens is 298 g/mol. The molecule has 2 amide bonds. The van der Waals surface area contributed by atoms with Crippen molar-refractivity contribution in [2.24, 2.45) is 5.73 Å². The van der Waals surface area contributed by atoms with Crippen molar-refractivity contribution < 1.29 is 19.1 Å². The largest absolute Gasteiger partial charge is 0.484 e. The van der Waals surface area contributed by atoms with Gasteiger partial charge in [-0.15, -0.1) is 0 Å². The van der Waals surface area contributed by atoms with Gasteiger partial charge in [-0.05, 0) is 39.3 Å². The molecule has 0 aliphatic heterocycles. The van der Waals surface area contributed by atoms with E-state index in [-0.39, 0.29) is 6.61 Å². The third kappa shape index (κ3) is 9.23. The summed E-state index contributed by atoms with van der Waals surface area (Å²) < 4.78 is 10.4. The third-order valence-electron chi connectivity index (χ3n) is 2.57. The summed E-state index contributed by atoms with van der Waals surface area (Å²) >= 11 is 0. The van der Waals surface area contributed by atoms with Crippen molar-refractivity contribution in [3.05, 3.63) is 24.3 Å². The zero-order valence-corrected chi connectivity index (χ0v) is 13.8. The van der Waals surface area contributed by atoms with Gasteiger partial charge in [0.1, 0.15) is 11.4 Å². The first-order valence-electron chi connectivity index (χ1n) is 7.48. The lowest BCUT2D eigenvalue weighted by Gasteiger charge is -2.19. The standard InChI is InChI=1S/C16H25N3O4/c1-16(2,3)23-15(21)19-9-5-8-18-12-6-4-7-13(10-12)22-11-14(17)20/h4,6-7,10,18H,5,8-9,11H2,1-3H3,(H2,17,20)(H,19,21). The fraction of sp³-hybridized carbons (Fsp3) is 0.500. The smallest absolute Gasteiger partial charge is 0.407 e. The van der Waals surface area contributed by atoms with E-state index < -0.39 is 17.6 Å². The topological polar surface area (TPSA) is 103 Å². The average Bonchev–Trinajstić information content (AvgIpc) is 2.43. The first-order valence-corrected chi connectivity index (χ1v) is 7.48. The molecule has 0 spiro atoms. The van der Waals surface area contributed by atoms with Crippen LogP contribution in [0.1, 0.15) is 27.2 Å². The Kier molecular flexibility index (Phi) is 7.18. The van der Waals surface area contributed by atoms with Crippen LogP contribution in [0.5, 0.6) is 5.75 Å². The highest BCUT2D eigenvalue weighted by molar-refractivity contribution is 5.75. The SMILES string of the molecule is CC(C)(C)OC(=O)NCCCNc1cccc(OCC(N)=O)c1. The summed E-state index contributed by atoms with van der Waals surface area (Å²) in [6.07, 6.45) is 0.324. The molecule has 1 aromatic rings. The first-order chi connectivity index (χ1) is 10.8. The number of benzene rings is 1. The molecule has 0 aliphatic carbocycles. The van der Waals surface area contributed by atoms with Crippen LogP contribution in [0.25, 0.3) is 0 Å². The van der Waals surface area contributed by atoms with Crippen LogP contribution in [-0.2, 0) is 9.53 Å². The number of amides is 2. The number of ether oxygens (including phenoxy) is 2. The summed E-state index contributed by atoms with van der Waals surface area (Å²) in [5.74, 6) is 0.0530. The molecule has 1 rings (SSSR count). The van der Waals surface area contributed by atoms with Gasteiger partial charge in [-0.3, -0.25) is 4.79 Å². The number of primary amides is 1. The average molecular weight is 323 g/mol. The van der Waals surface area contributed by atoms with Crippen LogP contribution in [0.15, 0.2) is 24.3 Å². The summed E-state index contributed by atoms with van der Waals surface area (Å²) in [5, 5.41) is 5.90. The minimum atomic E-state index is -0.517. The normalized spacial score (nSPS) is 10.7. The molecule has 0 bridgehead atoms. The predicted octanol–water partition coefficient (Wildman–Crippen LogP) is 1.88. The van der Waals surface area contributed by atoms with E-state index in [1.54, 1.807) is 12.1 Å². The minimum Gasteiger partial charge on any atom is -0.484 e. The molecule has 0 saturated heterocycles. The predicted molar refractivity (Wildman–Crippen MR) is 88.5 cm³/mol. The maximum absolute atomic E-state index is 11.5. The van der Waals surface area contributed by atoms with Crippen molar-refractivity contribution >= 4 is 17.7 Å². The quantitative estimate of drug-likeness (QED) is 0.634. The van der Waals surface area contributed by atoms with E-state index in [9.17, 15) is 9.59 Å². The minimum absolute atomic E-state index is 0.150. The number of nitrogens with one attached hydrogen (secondary N) is 2. The molecule has 0 atom stereocenters. The Hall–Kier alpha value is -2.44. The Morgan fingerprint density at radius 3 is 2.61 bits per heavy atom. The number of rotatable bonds is 8. The van der Waals surface area contributed by atoms with Crippen LogP contribution in [0.4, 0.5) is 10.5 Å². The summed E-state index contributed by atoms with van der Waals surface area (Å²) in [4.78, 5) is 22.1. The Balaban J connectivity index is 2.24. The molecule has 7 nitrogen and oxygen atoms in total. The summed E-state index contributed by atoms with van der Waals surface area (Å²) in [6.45, 7) is 6.50. The van der Waals surface area contributed by atoms with Crippen molar-refractivity contribution in [1.29, 1.82) is 0 Å².